The van der Waals surface area contributed by atoms with Gasteiger partial charge in [-0.15, -0.1) is 12.6 Å². The van der Waals surface area contributed by atoms with Crippen molar-refractivity contribution >= 4 is 24.2 Å². The van der Waals surface area contributed by atoms with Crippen LogP contribution >= 0.6 is 12.6 Å². The molecule has 4 heteroatoms. The lowest BCUT2D eigenvalue weighted by molar-refractivity contribution is 0.102. The summed E-state index contributed by atoms with van der Waals surface area (Å²) in [5, 5.41) is 2.86. The van der Waals surface area contributed by atoms with E-state index in [1.54, 1.807) is 18.5 Å². The van der Waals surface area contributed by atoms with Gasteiger partial charge < -0.3 is 5.32 Å². The van der Waals surface area contributed by atoms with E-state index in [1.807, 2.05) is 32.0 Å². The van der Waals surface area contributed by atoms with E-state index >= 15 is 0 Å². The first-order valence-electron chi connectivity index (χ1n) is 5.59. The van der Waals surface area contributed by atoms with Crippen LogP contribution in [0.5, 0.6) is 0 Å². The van der Waals surface area contributed by atoms with Gasteiger partial charge in [0.1, 0.15) is 0 Å². The van der Waals surface area contributed by atoms with Crippen molar-refractivity contribution in [3.63, 3.8) is 0 Å². The van der Waals surface area contributed by atoms with Crippen LogP contribution in [-0.2, 0) is 0 Å². The maximum atomic E-state index is 12.2. The summed E-state index contributed by atoms with van der Waals surface area (Å²) in [4.78, 5) is 16.9. The molecule has 1 N–H and O–H groups in total. The van der Waals surface area contributed by atoms with Gasteiger partial charge in [-0.05, 0) is 43.2 Å². The van der Waals surface area contributed by atoms with E-state index in [0.29, 0.717) is 5.56 Å². The Balaban J connectivity index is 2.28. The number of thiol groups is 1. The summed E-state index contributed by atoms with van der Waals surface area (Å²) in [5.41, 5.74) is 3.27. The van der Waals surface area contributed by atoms with E-state index in [0.717, 1.165) is 21.7 Å². The molecule has 2 aromatic rings. The number of rotatable bonds is 2. The van der Waals surface area contributed by atoms with Crippen LogP contribution in [0.4, 0.5) is 5.69 Å². The molecule has 1 amide bonds. The fraction of sp³-hybridized carbons (Fsp3) is 0.143. The number of aryl methyl sites for hydroxylation is 2. The van der Waals surface area contributed by atoms with Crippen LogP contribution in [0.25, 0.3) is 0 Å². The topological polar surface area (TPSA) is 42.0 Å². The first kappa shape index (κ1) is 12.6. The van der Waals surface area contributed by atoms with E-state index in [-0.39, 0.29) is 5.91 Å². The van der Waals surface area contributed by atoms with E-state index in [2.05, 4.69) is 22.9 Å². The van der Waals surface area contributed by atoms with Gasteiger partial charge in [-0.2, -0.15) is 0 Å². The summed E-state index contributed by atoms with van der Waals surface area (Å²) in [6.07, 6.45) is 3.34. The van der Waals surface area contributed by atoms with Crippen LogP contribution in [0.15, 0.2) is 41.6 Å². The first-order valence-corrected chi connectivity index (χ1v) is 6.04. The van der Waals surface area contributed by atoms with Crippen molar-refractivity contribution in [1.29, 1.82) is 0 Å². The number of hydrogen-bond donors (Lipinski definition) is 2. The van der Waals surface area contributed by atoms with E-state index in [1.165, 1.54) is 0 Å². The molecule has 0 saturated carbocycles. The predicted molar refractivity (Wildman–Crippen MR) is 75.4 cm³/mol. The average molecular weight is 258 g/mol. The molecule has 0 bridgehead atoms. The van der Waals surface area contributed by atoms with Gasteiger partial charge in [0.2, 0.25) is 0 Å². The molecule has 0 aliphatic rings. The number of aromatic nitrogens is 1. The second-order valence-electron chi connectivity index (χ2n) is 4.14. The number of carbonyl (C=O) groups excluding carboxylic acids is 1. The van der Waals surface area contributed by atoms with Gasteiger partial charge in [0, 0.05) is 16.7 Å². The molecule has 0 aliphatic heterocycles. The van der Waals surface area contributed by atoms with Crippen LogP contribution in [0.2, 0.25) is 0 Å². The van der Waals surface area contributed by atoms with E-state index in [9.17, 15) is 4.79 Å². The first-order chi connectivity index (χ1) is 8.58. The van der Waals surface area contributed by atoms with Gasteiger partial charge in [0.25, 0.3) is 5.91 Å². The zero-order valence-corrected chi connectivity index (χ0v) is 11.2. The molecule has 0 fully saturated rings. The SMILES string of the molecule is Cc1ccncc1NC(=O)c1cc(S)ccc1C. The Morgan fingerprint density at radius 3 is 2.72 bits per heavy atom. The minimum atomic E-state index is -0.139. The Bertz CT molecular complexity index is 596. The molecule has 2 rings (SSSR count). The Morgan fingerprint density at radius 2 is 2.00 bits per heavy atom. The van der Waals surface area contributed by atoms with E-state index in [4.69, 9.17) is 0 Å². The molecule has 0 unspecified atom stereocenters. The van der Waals surface area contributed by atoms with Gasteiger partial charge in [-0.25, -0.2) is 0 Å². The Morgan fingerprint density at radius 1 is 1.22 bits per heavy atom. The highest BCUT2D eigenvalue weighted by Gasteiger charge is 2.10. The lowest BCUT2D eigenvalue weighted by Crippen LogP contribution is -2.14. The number of nitrogens with zero attached hydrogens (tertiary/aromatic N) is 1. The third-order valence-electron chi connectivity index (χ3n) is 2.75. The molecule has 1 heterocycles. The summed E-state index contributed by atoms with van der Waals surface area (Å²) >= 11 is 4.25. The number of anilines is 1. The Hall–Kier alpha value is -1.81. The monoisotopic (exact) mass is 258 g/mol. The second-order valence-corrected chi connectivity index (χ2v) is 4.66. The van der Waals surface area contributed by atoms with Gasteiger partial charge in [0.05, 0.1) is 11.9 Å². The third-order valence-corrected chi connectivity index (χ3v) is 3.03. The molecule has 0 aliphatic carbocycles. The molecule has 92 valence electrons. The van der Waals surface area contributed by atoms with Crippen LogP contribution in [0.1, 0.15) is 21.5 Å². The highest BCUT2D eigenvalue weighted by molar-refractivity contribution is 7.80. The lowest BCUT2D eigenvalue weighted by atomic mass is 10.1. The van der Waals surface area contributed by atoms with Crippen molar-refractivity contribution in [1.82, 2.24) is 4.98 Å². The number of benzene rings is 1. The highest BCUT2D eigenvalue weighted by Crippen LogP contribution is 2.17. The normalized spacial score (nSPS) is 10.2. The predicted octanol–water partition coefficient (Wildman–Crippen LogP) is 3.24. The highest BCUT2D eigenvalue weighted by atomic mass is 32.1. The van der Waals surface area contributed by atoms with Crippen LogP contribution < -0.4 is 5.32 Å². The largest absolute Gasteiger partial charge is 0.320 e. The second kappa shape index (κ2) is 5.23. The zero-order valence-electron chi connectivity index (χ0n) is 10.3. The smallest absolute Gasteiger partial charge is 0.256 e. The molecule has 18 heavy (non-hydrogen) atoms. The van der Waals surface area contributed by atoms with Crippen molar-refractivity contribution in [3.05, 3.63) is 53.3 Å². The molecular formula is C14H14N2OS. The quantitative estimate of drug-likeness (QED) is 0.812. The van der Waals surface area contributed by atoms with Crippen LogP contribution in [-0.4, -0.2) is 10.9 Å². The standard InChI is InChI=1S/C14H14N2OS/c1-9-3-4-11(18)7-12(9)14(17)16-13-8-15-6-5-10(13)2/h3-8,18H,1-2H3,(H,16,17). The van der Waals surface area contributed by atoms with Gasteiger partial charge in [0.15, 0.2) is 0 Å². The molecule has 0 atom stereocenters. The average Bonchev–Trinajstić information content (AvgIpc) is 2.35. The van der Waals surface area contributed by atoms with Gasteiger partial charge in [-0.3, -0.25) is 9.78 Å². The molecule has 1 aromatic carbocycles. The molecule has 3 nitrogen and oxygen atoms in total. The van der Waals surface area contributed by atoms with Crippen molar-refractivity contribution in [2.24, 2.45) is 0 Å². The Kier molecular flexibility index (Phi) is 3.67. The minimum absolute atomic E-state index is 0.139. The van der Waals surface area contributed by atoms with Crippen molar-refractivity contribution in [2.45, 2.75) is 18.7 Å². The summed E-state index contributed by atoms with van der Waals surface area (Å²) in [6.45, 7) is 3.83. The van der Waals surface area contributed by atoms with E-state index < -0.39 is 0 Å². The zero-order chi connectivity index (χ0) is 13.1. The number of carbonyl (C=O) groups is 1. The van der Waals surface area contributed by atoms with Gasteiger partial charge in [-0.1, -0.05) is 6.07 Å². The maximum absolute atomic E-state index is 12.2. The molecule has 1 aromatic heterocycles. The van der Waals surface area contributed by atoms with Crippen molar-refractivity contribution in [3.8, 4) is 0 Å². The van der Waals surface area contributed by atoms with Crippen LogP contribution in [0.3, 0.4) is 0 Å². The fourth-order valence-electron chi connectivity index (χ4n) is 1.64. The van der Waals surface area contributed by atoms with Crippen molar-refractivity contribution < 1.29 is 4.79 Å². The van der Waals surface area contributed by atoms with Gasteiger partial charge >= 0.3 is 0 Å². The van der Waals surface area contributed by atoms with Crippen LogP contribution in [0, 0.1) is 13.8 Å². The summed E-state index contributed by atoms with van der Waals surface area (Å²) in [6, 6.07) is 7.37. The lowest BCUT2D eigenvalue weighted by Gasteiger charge is -2.09. The summed E-state index contributed by atoms with van der Waals surface area (Å²) in [7, 11) is 0. The number of nitrogens with one attached hydrogen (secondary N) is 1. The number of amides is 1. The minimum Gasteiger partial charge on any atom is -0.320 e. The van der Waals surface area contributed by atoms with Crippen molar-refractivity contribution in [2.75, 3.05) is 5.32 Å². The summed E-state index contributed by atoms with van der Waals surface area (Å²) < 4.78 is 0. The fourth-order valence-corrected chi connectivity index (χ4v) is 1.84. The molecule has 0 radical (unpaired) electrons. The molecule has 0 spiro atoms. The number of hydrogen-bond acceptors (Lipinski definition) is 3. The maximum Gasteiger partial charge on any atom is 0.256 e. The Labute approximate surface area is 112 Å². The summed E-state index contributed by atoms with van der Waals surface area (Å²) in [5.74, 6) is -0.139. The third kappa shape index (κ3) is 2.71. The molecule has 0 saturated heterocycles. The molecular weight excluding hydrogens is 244 g/mol. The number of pyridine rings is 1.